The van der Waals surface area contributed by atoms with Crippen LogP contribution in [-0.4, -0.2) is 18.0 Å². The average Bonchev–Trinajstić information content (AvgIpc) is 3.04. The van der Waals surface area contributed by atoms with Gasteiger partial charge in [-0.1, -0.05) is 22.7 Å². The maximum absolute atomic E-state index is 12.4. The van der Waals surface area contributed by atoms with Gasteiger partial charge in [-0.2, -0.15) is 0 Å². The van der Waals surface area contributed by atoms with Crippen molar-refractivity contribution in [3.63, 3.8) is 0 Å². The lowest BCUT2D eigenvalue weighted by Gasteiger charge is -2.10. The van der Waals surface area contributed by atoms with Crippen LogP contribution in [0.25, 0.3) is 10.4 Å². The summed E-state index contributed by atoms with van der Waals surface area (Å²) in [5.41, 5.74) is 3.48. The molecule has 1 N–H and O–H groups in total. The molecule has 0 bridgehead atoms. The van der Waals surface area contributed by atoms with Gasteiger partial charge in [0.15, 0.2) is 0 Å². The van der Waals surface area contributed by atoms with E-state index >= 15 is 0 Å². The Balaban J connectivity index is 1.84. The van der Waals surface area contributed by atoms with Gasteiger partial charge in [0.1, 0.15) is 0 Å². The van der Waals surface area contributed by atoms with Gasteiger partial charge >= 0.3 is 0 Å². The van der Waals surface area contributed by atoms with E-state index in [1.165, 1.54) is 11.5 Å². The van der Waals surface area contributed by atoms with Gasteiger partial charge in [0.2, 0.25) is 0 Å². The normalized spacial score (nSPS) is 11.4. The average molecular weight is 345 g/mol. The van der Waals surface area contributed by atoms with E-state index in [0.717, 1.165) is 21.6 Å². The SMILES string of the molecule is Cc1ccc(S(=O)(=O)Nc2ccc(-c3cnns3)cc2)cc1C. The van der Waals surface area contributed by atoms with Gasteiger partial charge in [0.05, 0.1) is 16.0 Å². The van der Waals surface area contributed by atoms with Gasteiger partial charge in [-0.3, -0.25) is 4.72 Å². The van der Waals surface area contributed by atoms with Gasteiger partial charge < -0.3 is 0 Å². The third-order valence-corrected chi connectivity index (χ3v) is 5.66. The molecule has 3 rings (SSSR count). The summed E-state index contributed by atoms with van der Waals surface area (Å²) in [6.07, 6.45) is 1.68. The monoisotopic (exact) mass is 345 g/mol. The predicted molar refractivity (Wildman–Crippen MR) is 92.1 cm³/mol. The molecule has 0 fully saturated rings. The molecule has 23 heavy (non-hydrogen) atoms. The maximum Gasteiger partial charge on any atom is 0.261 e. The number of nitrogens with zero attached hydrogens (tertiary/aromatic N) is 2. The number of hydrogen-bond acceptors (Lipinski definition) is 5. The van der Waals surface area contributed by atoms with Gasteiger partial charge in [-0.05, 0) is 66.3 Å². The second kappa shape index (κ2) is 6.10. The fourth-order valence-electron chi connectivity index (χ4n) is 2.09. The fraction of sp³-hybridized carbons (Fsp3) is 0.125. The minimum absolute atomic E-state index is 0.260. The zero-order valence-corrected chi connectivity index (χ0v) is 14.3. The molecule has 0 amide bonds. The van der Waals surface area contributed by atoms with Crippen LogP contribution in [-0.2, 0) is 10.0 Å². The molecule has 1 aromatic heterocycles. The van der Waals surface area contributed by atoms with Crippen LogP contribution >= 0.6 is 11.5 Å². The second-order valence-corrected chi connectivity index (χ2v) is 7.68. The maximum atomic E-state index is 12.4. The standard InChI is InChI=1S/C16H15N3O2S2/c1-11-3-8-15(9-12(11)2)23(20,21)18-14-6-4-13(5-7-14)16-10-17-19-22-16/h3-10,18H,1-2H3. The van der Waals surface area contributed by atoms with E-state index in [2.05, 4.69) is 14.3 Å². The quantitative estimate of drug-likeness (QED) is 0.784. The highest BCUT2D eigenvalue weighted by Crippen LogP contribution is 2.24. The van der Waals surface area contributed by atoms with Crippen molar-refractivity contribution >= 4 is 27.2 Å². The van der Waals surface area contributed by atoms with Crippen molar-refractivity contribution in [3.05, 3.63) is 59.8 Å². The summed E-state index contributed by atoms with van der Waals surface area (Å²) in [5, 5.41) is 3.79. The lowest BCUT2D eigenvalue weighted by molar-refractivity contribution is 0.601. The van der Waals surface area contributed by atoms with E-state index < -0.39 is 10.0 Å². The summed E-state index contributed by atoms with van der Waals surface area (Å²) in [7, 11) is -3.59. The van der Waals surface area contributed by atoms with Crippen LogP contribution in [0.15, 0.2) is 53.6 Å². The number of nitrogens with one attached hydrogen (secondary N) is 1. The predicted octanol–water partition coefficient (Wildman–Crippen LogP) is 3.62. The van der Waals surface area contributed by atoms with Crippen molar-refractivity contribution in [1.82, 2.24) is 9.59 Å². The van der Waals surface area contributed by atoms with E-state index in [9.17, 15) is 8.42 Å². The molecule has 0 unspecified atom stereocenters. The number of aryl methyl sites for hydroxylation is 2. The van der Waals surface area contributed by atoms with Crippen LogP contribution in [0.3, 0.4) is 0 Å². The van der Waals surface area contributed by atoms with E-state index in [1.54, 1.807) is 30.5 Å². The van der Waals surface area contributed by atoms with Gasteiger partial charge in [0, 0.05) is 5.69 Å². The summed E-state index contributed by atoms with van der Waals surface area (Å²) < 4.78 is 31.3. The van der Waals surface area contributed by atoms with Crippen LogP contribution in [0.2, 0.25) is 0 Å². The highest BCUT2D eigenvalue weighted by Gasteiger charge is 2.15. The first-order valence-electron chi connectivity index (χ1n) is 6.93. The number of hydrogen-bond donors (Lipinski definition) is 1. The molecule has 0 saturated carbocycles. The molecule has 3 aromatic rings. The summed E-state index contributed by atoms with van der Waals surface area (Å²) in [5.74, 6) is 0. The van der Waals surface area contributed by atoms with Crippen molar-refractivity contribution in [2.75, 3.05) is 4.72 Å². The summed E-state index contributed by atoms with van der Waals surface area (Å²) in [6, 6.07) is 12.2. The Labute approximate surface area is 139 Å². The van der Waals surface area contributed by atoms with Crippen LogP contribution in [0.4, 0.5) is 5.69 Å². The van der Waals surface area contributed by atoms with Gasteiger partial charge in [-0.15, -0.1) is 5.10 Å². The molecule has 0 aliphatic rings. The smallest absolute Gasteiger partial charge is 0.261 e. The van der Waals surface area contributed by atoms with Crippen molar-refractivity contribution in [3.8, 4) is 10.4 Å². The third-order valence-electron chi connectivity index (χ3n) is 3.57. The number of benzene rings is 2. The first-order chi connectivity index (χ1) is 11.0. The molecule has 0 aliphatic heterocycles. The Hall–Kier alpha value is -2.25. The zero-order valence-electron chi connectivity index (χ0n) is 12.6. The van der Waals surface area contributed by atoms with Crippen LogP contribution in [0.5, 0.6) is 0 Å². The minimum atomic E-state index is -3.59. The first kappa shape index (κ1) is 15.6. The Morgan fingerprint density at radius 1 is 1.00 bits per heavy atom. The Morgan fingerprint density at radius 2 is 1.74 bits per heavy atom. The van der Waals surface area contributed by atoms with E-state index in [1.807, 2.05) is 32.0 Å². The summed E-state index contributed by atoms with van der Waals surface area (Å²) >= 11 is 1.30. The highest BCUT2D eigenvalue weighted by atomic mass is 32.2. The number of rotatable bonds is 4. The van der Waals surface area contributed by atoms with E-state index in [-0.39, 0.29) is 4.90 Å². The lowest BCUT2D eigenvalue weighted by atomic mass is 10.1. The Bertz CT molecular complexity index is 918. The van der Waals surface area contributed by atoms with Gasteiger partial charge in [-0.25, -0.2) is 8.42 Å². The number of sulfonamides is 1. The molecule has 0 atom stereocenters. The second-order valence-electron chi connectivity index (χ2n) is 5.21. The van der Waals surface area contributed by atoms with E-state index in [4.69, 9.17) is 0 Å². The zero-order chi connectivity index (χ0) is 16.4. The molecule has 1 heterocycles. The largest absolute Gasteiger partial charge is 0.280 e. The summed E-state index contributed by atoms with van der Waals surface area (Å²) in [4.78, 5) is 1.20. The third kappa shape index (κ3) is 3.40. The minimum Gasteiger partial charge on any atom is -0.280 e. The number of anilines is 1. The molecular weight excluding hydrogens is 330 g/mol. The van der Waals surface area contributed by atoms with Gasteiger partial charge in [0.25, 0.3) is 10.0 Å². The van der Waals surface area contributed by atoms with Crippen molar-refractivity contribution < 1.29 is 8.42 Å². The first-order valence-corrected chi connectivity index (χ1v) is 9.19. The van der Waals surface area contributed by atoms with Crippen LogP contribution in [0, 0.1) is 13.8 Å². The molecule has 7 heteroatoms. The Kier molecular flexibility index (Phi) is 4.14. The van der Waals surface area contributed by atoms with Crippen molar-refractivity contribution in [2.45, 2.75) is 18.7 Å². The van der Waals surface area contributed by atoms with Crippen LogP contribution in [0.1, 0.15) is 11.1 Å². The molecule has 118 valence electrons. The summed E-state index contributed by atoms with van der Waals surface area (Å²) in [6.45, 7) is 3.85. The number of aromatic nitrogens is 2. The van der Waals surface area contributed by atoms with Crippen molar-refractivity contribution in [1.29, 1.82) is 0 Å². The fourth-order valence-corrected chi connectivity index (χ4v) is 3.75. The Morgan fingerprint density at radius 3 is 2.35 bits per heavy atom. The van der Waals surface area contributed by atoms with Crippen LogP contribution < -0.4 is 4.72 Å². The molecule has 0 radical (unpaired) electrons. The molecule has 2 aromatic carbocycles. The molecule has 0 spiro atoms. The molecular formula is C16H15N3O2S2. The molecule has 0 saturated heterocycles. The molecule has 0 aliphatic carbocycles. The highest BCUT2D eigenvalue weighted by molar-refractivity contribution is 7.92. The lowest BCUT2D eigenvalue weighted by Crippen LogP contribution is -2.13. The molecule has 5 nitrogen and oxygen atoms in total. The van der Waals surface area contributed by atoms with E-state index in [0.29, 0.717) is 5.69 Å². The topological polar surface area (TPSA) is 72.0 Å². The van der Waals surface area contributed by atoms with Crippen molar-refractivity contribution in [2.24, 2.45) is 0 Å².